The van der Waals surface area contributed by atoms with Crippen LogP contribution in [0, 0.1) is 0 Å². The monoisotopic (exact) mass is 381 g/mol. The topological polar surface area (TPSA) is 79.8 Å². The van der Waals surface area contributed by atoms with Gasteiger partial charge in [0.25, 0.3) is 5.91 Å². The largest absolute Gasteiger partial charge is 0.452 e. The third-order valence-corrected chi connectivity index (χ3v) is 5.53. The Morgan fingerprint density at radius 1 is 1.04 bits per heavy atom. The quantitative estimate of drug-likeness (QED) is 0.754. The number of fused-ring (bicyclic) bond motifs is 2. The van der Waals surface area contributed by atoms with Crippen LogP contribution in [0.15, 0.2) is 24.3 Å². The lowest BCUT2D eigenvalue weighted by molar-refractivity contribution is -0.140. The molecule has 28 heavy (non-hydrogen) atoms. The Kier molecular flexibility index (Phi) is 4.98. The van der Waals surface area contributed by atoms with Crippen LogP contribution >= 0.6 is 0 Å². The molecule has 0 atom stereocenters. The van der Waals surface area contributed by atoms with E-state index >= 15 is 0 Å². The molecule has 7 nitrogen and oxygen atoms in total. The molecular weight excluding hydrogens is 358 g/mol. The van der Waals surface area contributed by atoms with Crippen molar-refractivity contribution in [1.82, 2.24) is 14.8 Å². The van der Waals surface area contributed by atoms with E-state index in [4.69, 9.17) is 4.74 Å². The molecule has 1 aromatic carbocycles. The van der Waals surface area contributed by atoms with Crippen LogP contribution in [-0.2, 0) is 27.2 Å². The summed E-state index contributed by atoms with van der Waals surface area (Å²) in [7, 11) is 0. The van der Waals surface area contributed by atoms with Gasteiger partial charge in [0.1, 0.15) is 0 Å². The van der Waals surface area contributed by atoms with E-state index in [2.05, 4.69) is 4.98 Å². The number of aromatic nitrogens is 1. The Hall–Kier alpha value is -2.96. The van der Waals surface area contributed by atoms with Crippen LogP contribution in [-0.4, -0.2) is 65.4 Å². The van der Waals surface area contributed by atoms with Gasteiger partial charge in [0.2, 0.25) is 5.91 Å². The SMILES string of the molecule is CC(=O)N1CCN(C(=O)COC(=O)c2c3c(nc4ccccc24)CCC3)CC1. The molecule has 1 aromatic heterocycles. The Morgan fingerprint density at radius 3 is 2.50 bits per heavy atom. The maximum absolute atomic E-state index is 12.9. The number of pyridine rings is 1. The molecule has 0 saturated carbocycles. The van der Waals surface area contributed by atoms with Crippen molar-refractivity contribution >= 4 is 28.7 Å². The van der Waals surface area contributed by atoms with Gasteiger partial charge >= 0.3 is 5.97 Å². The molecule has 0 spiro atoms. The zero-order valence-electron chi connectivity index (χ0n) is 15.9. The molecule has 2 heterocycles. The van der Waals surface area contributed by atoms with E-state index < -0.39 is 5.97 Å². The van der Waals surface area contributed by atoms with Gasteiger partial charge in [-0.3, -0.25) is 14.6 Å². The standard InChI is InChI=1S/C21H23N3O4/c1-14(25)23-9-11-24(12-10-23)19(26)13-28-21(27)20-15-5-2-3-7-17(15)22-18-8-4-6-16(18)20/h2-3,5,7H,4,6,8-13H2,1H3. The average Bonchev–Trinajstić information content (AvgIpc) is 3.17. The highest BCUT2D eigenvalue weighted by Gasteiger charge is 2.27. The van der Waals surface area contributed by atoms with Gasteiger partial charge in [-0.15, -0.1) is 0 Å². The number of piperazine rings is 1. The number of benzene rings is 1. The third kappa shape index (κ3) is 3.44. The number of para-hydroxylation sites is 1. The lowest BCUT2D eigenvalue weighted by Gasteiger charge is -2.34. The first kappa shape index (κ1) is 18.4. The third-order valence-electron chi connectivity index (χ3n) is 5.53. The molecule has 0 bridgehead atoms. The van der Waals surface area contributed by atoms with E-state index in [0.29, 0.717) is 31.7 Å². The molecule has 1 fully saturated rings. The first-order valence-electron chi connectivity index (χ1n) is 9.65. The molecule has 146 valence electrons. The van der Waals surface area contributed by atoms with Crippen molar-refractivity contribution in [1.29, 1.82) is 0 Å². The minimum atomic E-state index is -0.465. The fourth-order valence-electron chi connectivity index (χ4n) is 4.01. The van der Waals surface area contributed by atoms with Gasteiger partial charge in [0.15, 0.2) is 6.61 Å². The second kappa shape index (κ2) is 7.58. The number of aryl methyl sites for hydroxylation is 1. The minimum absolute atomic E-state index is 0.0111. The minimum Gasteiger partial charge on any atom is -0.452 e. The number of nitrogens with zero attached hydrogens (tertiary/aromatic N) is 3. The van der Waals surface area contributed by atoms with Gasteiger partial charge in [-0.2, -0.15) is 0 Å². The first-order valence-corrected chi connectivity index (χ1v) is 9.65. The van der Waals surface area contributed by atoms with Crippen LogP contribution in [0.4, 0.5) is 0 Å². The van der Waals surface area contributed by atoms with Crippen LogP contribution in [0.25, 0.3) is 10.9 Å². The second-order valence-corrected chi connectivity index (χ2v) is 7.25. The number of hydrogen-bond donors (Lipinski definition) is 0. The number of ether oxygens (including phenoxy) is 1. The normalized spacial score (nSPS) is 16.2. The first-order chi connectivity index (χ1) is 13.5. The zero-order valence-corrected chi connectivity index (χ0v) is 15.9. The van der Waals surface area contributed by atoms with Crippen molar-refractivity contribution in [2.45, 2.75) is 26.2 Å². The van der Waals surface area contributed by atoms with E-state index in [1.807, 2.05) is 24.3 Å². The molecule has 2 aliphatic rings. The maximum atomic E-state index is 12.9. The summed E-state index contributed by atoms with van der Waals surface area (Å²) in [5, 5.41) is 0.774. The summed E-state index contributed by atoms with van der Waals surface area (Å²) < 4.78 is 5.41. The van der Waals surface area contributed by atoms with E-state index in [0.717, 1.165) is 41.4 Å². The Balaban J connectivity index is 1.46. The molecule has 1 aliphatic carbocycles. The summed E-state index contributed by atoms with van der Waals surface area (Å²) in [6.45, 7) is 3.18. The second-order valence-electron chi connectivity index (χ2n) is 7.25. The number of esters is 1. The van der Waals surface area contributed by atoms with Crippen LogP contribution in [0.2, 0.25) is 0 Å². The van der Waals surface area contributed by atoms with Crippen LogP contribution in [0.3, 0.4) is 0 Å². The number of carbonyl (C=O) groups is 3. The zero-order chi connectivity index (χ0) is 19.7. The van der Waals surface area contributed by atoms with Crippen molar-refractivity contribution < 1.29 is 19.1 Å². The average molecular weight is 381 g/mol. The Morgan fingerprint density at radius 2 is 1.75 bits per heavy atom. The number of rotatable bonds is 3. The van der Waals surface area contributed by atoms with E-state index in [1.165, 1.54) is 6.92 Å². The molecule has 0 radical (unpaired) electrons. The summed E-state index contributed by atoms with van der Waals surface area (Å²) in [4.78, 5) is 44.7. The van der Waals surface area contributed by atoms with E-state index in [9.17, 15) is 14.4 Å². The molecule has 0 N–H and O–H groups in total. The highest BCUT2D eigenvalue weighted by molar-refractivity contribution is 6.05. The van der Waals surface area contributed by atoms with E-state index in [-0.39, 0.29) is 18.4 Å². The Bertz CT molecular complexity index is 948. The molecule has 2 aromatic rings. The fourth-order valence-corrected chi connectivity index (χ4v) is 4.01. The smallest absolute Gasteiger partial charge is 0.339 e. The van der Waals surface area contributed by atoms with Gasteiger partial charge in [0.05, 0.1) is 11.1 Å². The highest BCUT2D eigenvalue weighted by atomic mass is 16.5. The van der Waals surface area contributed by atoms with Gasteiger partial charge in [-0.25, -0.2) is 4.79 Å². The van der Waals surface area contributed by atoms with Crippen molar-refractivity contribution in [3.05, 3.63) is 41.1 Å². The molecular formula is C21H23N3O4. The summed E-state index contributed by atoms with van der Waals surface area (Å²) in [5.41, 5.74) is 3.23. The van der Waals surface area contributed by atoms with Gasteiger partial charge in [0, 0.05) is 44.2 Å². The van der Waals surface area contributed by atoms with Crippen LogP contribution in [0.5, 0.6) is 0 Å². The summed E-state index contributed by atoms with van der Waals surface area (Å²) in [6, 6.07) is 7.54. The molecule has 0 unspecified atom stereocenters. The summed E-state index contributed by atoms with van der Waals surface area (Å²) >= 11 is 0. The molecule has 2 amide bonds. The van der Waals surface area contributed by atoms with Crippen molar-refractivity contribution in [2.75, 3.05) is 32.8 Å². The lowest BCUT2D eigenvalue weighted by Crippen LogP contribution is -2.51. The van der Waals surface area contributed by atoms with Crippen molar-refractivity contribution in [2.24, 2.45) is 0 Å². The summed E-state index contributed by atoms with van der Waals surface area (Å²) in [5.74, 6) is -0.684. The van der Waals surface area contributed by atoms with Crippen LogP contribution in [0.1, 0.15) is 35.0 Å². The molecule has 4 rings (SSSR count). The van der Waals surface area contributed by atoms with Gasteiger partial charge < -0.3 is 14.5 Å². The van der Waals surface area contributed by atoms with Gasteiger partial charge in [-0.05, 0) is 30.9 Å². The Labute approximate surface area is 163 Å². The molecule has 1 aliphatic heterocycles. The highest BCUT2D eigenvalue weighted by Crippen LogP contribution is 2.30. The summed E-state index contributed by atoms with van der Waals surface area (Å²) in [6.07, 6.45) is 2.64. The molecule has 7 heteroatoms. The lowest BCUT2D eigenvalue weighted by atomic mass is 10.0. The predicted octanol–water partition coefficient (Wildman–Crippen LogP) is 1.57. The number of carbonyl (C=O) groups excluding carboxylic acids is 3. The van der Waals surface area contributed by atoms with Crippen molar-refractivity contribution in [3.63, 3.8) is 0 Å². The predicted molar refractivity (Wildman–Crippen MR) is 103 cm³/mol. The number of hydrogen-bond acceptors (Lipinski definition) is 5. The number of amides is 2. The van der Waals surface area contributed by atoms with Crippen molar-refractivity contribution in [3.8, 4) is 0 Å². The van der Waals surface area contributed by atoms with Crippen LogP contribution < -0.4 is 0 Å². The van der Waals surface area contributed by atoms with E-state index in [1.54, 1.807) is 9.80 Å². The van der Waals surface area contributed by atoms with Gasteiger partial charge in [-0.1, -0.05) is 18.2 Å². The molecule has 1 saturated heterocycles. The maximum Gasteiger partial charge on any atom is 0.339 e. The fraction of sp³-hybridized carbons (Fsp3) is 0.429.